The summed E-state index contributed by atoms with van der Waals surface area (Å²) in [6, 6.07) is 1.54. The first-order valence-electron chi connectivity index (χ1n) is 4.35. The Morgan fingerprint density at radius 1 is 1.54 bits per heavy atom. The van der Waals surface area contributed by atoms with E-state index in [4.69, 9.17) is 11.5 Å². The quantitative estimate of drug-likeness (QED) is 0.674. The van der Waals surface area contributed by atoms with Crippen molar-refractivity contribution in [3.63, 3.8) is 0 Å². The predicted octanol–water partition coefficient (Wildman–Crippen LogP) is 1.21. The molecule has 1 heterocycles. The highest BCUT2D eigenvalue weighted by Gasteiger charge is 2.29. The average molecular weight is 181 g/mol. The zero-order valence-electron chi connectivity index (χ0n) is 7.20. The molecule has 0 radical (unpaired) electrons. The molecule has 4 heteroatoms. The van der Waals surface area contributed by atoms with Gasteiger partial charge in [-0.1, -0.05) is 0 Å². The highest BCUT2D eigenvalue weighted by atomic mass is 19.1. The zero-order valence-corrected chi connectivity index (χ0v) is 7.20. The molecule has 3 nitrogen and oxygen atoms in total. The minimum atomic E-state index is -0.619. The van der Waals surface area contributed by atoms with E-state index in [0.29, 0.717) is 5.92 Å². The lowest BCUT2D eigenvalue weighted by molar-refractivity contribution is 0.578. The fourth-order valence-corrected chi connectivity index (χ4v) is 1.39. The predicted molar refractivity (Wildman–Crippen MR) is 48.3 cm³/mol. The summed E-state index contributed by atoms with van der Waals surface area (Å²) in [6.45, 7) is 0. The molecule has 0 saturated heterocycles. The molecule has 1 aromatic rings. The van der Waals surface area contributed by atoms with Crippen molar-refractivity contribution >= 4 is 5.69 Å². The van der Waals surface area contributed by atoms with Gasteiger partial charge in [0.25, 0.3) is 0 Å². The molecular weight excluding hydrogens is 169 g/mol. The van der Waals surface area contributed by atoms with Crippen LogP contribution in [0.1, 0.15) is 24.4 Å². The van der Waals surface area contributed by atoms with Crippen molar-refractivity contribution in [2.24, 2.45) is 11.7 Å². The average Bonchev–Trinajstić information content (AvgIpc) is 2.91. The van der Waals surface area contributed by atoms with Crippen LogP contribution < -0.4 is 11.5 Å². The van der Waals surface area contributed by atoms with Gasteiger partial charge in [0.05, 0.1) is 5.69 Å². The van der Waals surface area contributed by atoms with E-state index in [2.05, 4.69) is 4.98 Å². The van der Waals surface area contributed by atoms with Gasteiger partial charge in [0.15, 0.2) is 0 Å². The van der Waals surface area contributed by atoms with Gasteiger partial charge in [0, 0.05) is 12.2 Å². The minimum Gasteiger partial charge on any atom is -0.395 e. The van der Waals surface area contributed by atoms with E-state index in [1.807, 2.05) is 0 Å². The van der Waals surface area contributed by atoms with Gasteiger partial charge >= 0.3 is 0 Å². The van der Waals surface area contributed by atoms with E-state index in [-0.39, 0.29) is 11.7 Å². The van der Waals surface area contributed by atoms with Crippen LogP contribution in [0.5, 0.6) is 0 Å². The van der Waals surface area contributed by atoms with Crippen molar-refractivity contribution in [2.45, 2.75) is 18.9 Å². The summed E-state index contributed by atoms with van der Waals surface area (Å²) in [6.07, 6.45) is 3.77. The number of nitrogens with two attached hydrogens (primary N) is 2. The van der Waals surface area contributed by atoms with Gasteiger partial charge in [-0.3, -0.25) is 0 Å². The molecule has 0 aliphatic heterocycles. The SMILES string of the molecule is Nc1cc([C@H](N)C2CC2)cnc1F. The Bertz CT molecular complexity index is 323. The second-order valence-corrected chi connectivity index (χ2v) is 3.51. The summed E-state index contributed by atoms with van der Waals surface area (Å²) >= 11 is 0. The molecule has 1 aromatic heterocycles. The van der Waals surface area contributed by atoms with E-state index >= 15 is 0 Å². The summed E-state index contributed by atoms with van der Waals surface area (Å²) in [5, 5.41) is 0. The first kappa shape index (κ1) is 8.44. The summed E-state index contributed by atoms with van der Waals surface area (Å²) in [7, 11) is 0. The summed E-state index contributed by atoms with van der Waals surface area (Å²) in [5.41, 5.74) is 12.2. The monoisotopic (exact) mass is 181 g/mol. The number of aromatic nitrogens is 1. The number of nitrogens with zero attached hydrogens (tertiary/aromatic N) is 1. The highest BCUT2D eigenvalue weighted by molar-refractivity contribution is 5.39. The third kappa shape index (κ3) is 1.62. The Hall–Kier alpha value is -1.16. The first-order chi connectivity index (χ1) is 6.18. The van der Waals surface area contributed by atoms with Crippen molar-refractivity contribution in [3.05, 3.63) is 23.8 Å². The molecule has 0 spiro atoms. The lowest BCUT2D eigenvalue weighted by atomic mass is 10.1. The molecule has 1 saturated carbocycles. The summed E-state index contributed by atoms with van der Waals surface area (Å²) in [4.78, 5) is 3.54. The van der Waals surface area contributed by atoms with Crippen LogP contribution in [-0.4, -0.2) is 4.98 Å². The lowest BCUT2D eigenvalue weighted by Crippen LogP contribution is -2.13. The Morgan fingerprint density at radius 2 is 2.23 bits per heavy atom. The fraction of sp³-hybridized carbons (Fsp3) is 0.444. The van der Waals surface area contributed by atoms with Crippen molar-refractivity contribution in [1.82, 2.24) is 4.98 Å². The molecule has 1 fully saturated rings. The van der Waals surface area contributed by atoms with E-state index in [0.717, 1.165) is 18.4 Å². The van der Waals surface area contributed by atoms with Crippen LogP contribution in [0.25, 0.3) is 0 Å². The molecule has 2 rings (SSSR count). The van der Waals surface area contributed by atoms with Gasteiger partial charge in [-0.25, -0.2) is 4.98 Å². The Morgan fingerprint density at radius 3 is 2.77 bits per heavy atom. The Kier molecular flexibility index (Phi) is 1.92. The number of nitrogen functional groups attached to an aromatic ring is 1. The normalized spacial score (nSPS) is 18.6. The molecule has 0 bridgehead atoms. The Labute approximate surface area is 76.0 Å². The summed E-state index contributed by atoms with van der Waals surface area (Å²) in [5.74, 6) is -0.0848. The number of hydrogen-bond acceptors (Lipinski definition) is 3. The van der Waals surface area contributed by atoms with Gasteiger partial charge in [0.1, 0.15) is 0 Å². The van der Waals surface area contributed by atoms with E-state index in [9.17, 15) is 4.39 Å². The van der Waals surface area contributed by atoms with Crippen LogP contribution in [0.4, 0.5) is 10.1 Å². The fourth-order valence-electron chi connectivity index (χ4n) is 1.39. The number of rotatable bonds is 2. The molecular formula is C9H12FN3. The van der Waals surface area contributed by atoms with Gasteiger partial charge < -0.3 is 11.5 Å². The number of anilines is 1. The first-order valence-corrected chi connectivity index (χ1v) is 4.35. The molecule has 4 N–H and O–H groups in total. The minimum absolute atomic E-state index is 0.0320. The van der Waals surface area contributed by atoms with Crippen molar-refractivity contribution in [2.75, 3.05) is 5.73 Å². The third-order valence-electron chi connectivity index (χ3n) is 2.40. The standard InChI is InChI=1S/C9H12FN3/c10-9-7(11)3-6(4-13-9)8(12)5-1-2-5/h3-5,8H,1-2,11-12H2/t8-/m1/s1. The van der Waals surface area contributed by atoms with Crippen LogP contribution in [-0.2, 0) is 0 Å². The molecule has 70 valence electrons. The largest absolute Gasteiger partial charge is 0.395 e. The van der Waals surface area contributed by atoms with Crippen LogP contribution in [0.15, 0.2) is 12.3 Å². The number of hydrogen-bond donors (Lipinski definition) is 2. The van der Waals surface area contributed by atoms with Gasteiger partial charge in [-0.05, 0) is 30.4 Å². The van der Waals surface area contributed by atoms with E-state index in [1.165, 1.54) is 6.20 Å². The molecule has 1 atom stereocenters. The van der Waals surface area contributed by atoms with Crippen molar-refractivity contribution in [3.8, 4) is 0 Å². The topological polar surface area (TPSA) is 64.9 Å². The smallest absolute Gasteiger partial charge is 0.236 e. The third-order valence-corrected chi connectivity index (χ3v) is 2.40. The maximum Gasteiger partial charge on any atom is 0.236 e. The molecule has 1 aliphatic carbocycles. The van der Waals surface area contributed by atoms with Gasteiger partial charge in [-0.15, -0.1) is 0 Å². The van der Waals surface area contributed by atoms with Crippen molar-refractivity contribution < 1.29 is 4.39 Å². The number of halogens is 1. The lowest BCUT2D eigenvalue weighted by Gasteiger charge is -2.10. The van der Waals surface area contributed by atoms with Crippen LogP contribution in [0, 0.1) is 11.9 Å². The van der Waals surface area contributed by atoms with Gasteiger partial charge in [-0.2, -0.15) is 4.39 Å². The number of pyridine rings is 1. The maximum atomic E-state index is 12.7. The van der Waals surface area contributed by atoms with E-state index in [1.54, 1.807) is 6.07 Å². The maximum absolute atomic E-state index is 12.7. The Balaban J connectivity index is 2.24. The van der Waals surface area contributed by atoms with Crippen molar-refractivity contribution in [1.29, 1.82) is 0 Å². The second-order valence-electron chi connectivity index (χ2n) is 3.51. The zero-order chi connectivity index (χ0) is 9.42. The van der Waals surface area contributed by atoms with Crippen LogP contribution >= 0.6 is 0 Å². The second kappa shape index (κ2) is 2.96. The van der Waals surface area contributed by atoms with Crippen LogP contribution in [0.3, 0.4) is 0 Å². The van der Waals surface area contributed by atoms with Crippen LogP contribution in [0.2, 0.25) is 0 Å². The molecule has 0 unspecified atom stereocenters. The van der Waals surface area contributed by atoms with Gasteiger partial charge in [0.2, 0.25) is 5.95 Å². The molecule has 0 amide bonds. The highest BCUT2D eigenvalue weighted by Crippen LogP contribution is 2.39. The molecule has 0 aromatic carbocycles. The molecule has 13 heavy (non-hydrogen) atoms. The summed E-state index contributed by atoms with van der Waals surface area (Å²) < 4.78 is 12.7. The van der Waals surface area contributed by atoms with E-state index < -0.39 is 5.95 Å². The molecule has 1 aliphatic rings.